The molecule has 0 radical (unpaired) electrons. The summed E-state index contributed by atoms with van der Waals surface area (Å²) < 4.78 is 45.4. The number of hydrogen-bond acceptors (Lipinski definition) is 2. The van der Waals surface area contributed by atoms with Gasteiger partial charge in [0.05, 0.1) is 0 Å². The summed E-state index contributed by atoms with van der Waals surface area (Å²) in [6.07, 6.45) is 2.32. The maximum absolute atomic E-state index is 12.9. The fourth-order valence-electron chi connectivity index (χ4n) is 2.35. The molecule has 3 nitrogen and oxygen atoms in total. The van der Waals surface area contributed by atoms with Crippen molar-refractivity contribution in [2.75, 3.05) is 6.61 Å². The topological polar surface area (TPSA) is 27.1 Å². The molecule has 1 atom stereocenters. The molecule has 1 aliphatic rings. The first-order chi connectivity index (χ1) is 7.91. The second kappa shape index (κ2) is 6.41. The van der Waals surface area contributed by atoms with Crippen molar-refractivity contribution in [2.24, 2.45) is 0 Å². The molecule has 8 heteroatoms. The van der Waals surface area contributed by atoms with Crippen LogP contribution in [0.2, 0.25) is 0 Å². The number of aromatic nitrogens is 2. The molecule has 1 aliphatic heterocycles. The van der Waals surface area contributed by atoms with Crippen LogP contribution in [0.3, 0.4) is 0 Å². The summed E-state index contributed by atoms with van der Waals surface area (Å²) in [6, 6.07) is 0. The maximum Gasteiger partial charge on any atom is 1.00 e. The van der Waals surface area contributed by atoms with Crippen LogP contribution < -0.4 is 56.8 Å². The van der Waals surface area contributed by atoms with Crippen molar-refractivity contribution in [3.05, 3.63) is 11.4 Å². The molecule has 1 aromatic heterocycles. The first-order valence-corrected chi connectivity index (χ1v) is 5.78. The van der Waals surface area contributed by atoms with Gasteiger partial charge in [0.25, 0.3) is 0 Å². The minimum Gasteiger partial charge on any atom is -0.445 e. The number of rotatable bonds is 2. The Labute approximate surface area is 147 Å². The molecule has 2 rings (SSSR count). The Hall–Kier alpha value is 0.661. The Morgan fingerprint density at radius 3 is 2.39 bits per heavy atom. The Morgan fingerprint density at radius 1 is 1.28 bits per heavy atom. The monoisotopic (exact) mass is 286 g/mol. The van der Waals surface area contributed by atoms with E-state index in [1.165, 1.54) is 18.5 Å². The summed E-state index contributed by atoms with van der Waals surface area (Å²) in [6.45, 7) is -1.55. The number of ether oxygens (including phenoxy) is 1. The summed E-state index contributed by atoms with van der Waals surface area (Å²) in [5.41, 5.74) is -0.356. The van der Waals surface area contributed by atoms with Crippen molar-refractivity contribution in [1.29, 1.82) is 0 Å². The zero-order chi connectivity index (χ0) is 12.6. The van der Waals surface area contributed by atoms with Crippen molar-refractivity contribution in [3.63, 3.8) is 0 Å². The fraction of sp³-hybridized carbons (Fsp3) is 0.700. The smallest absolute Gasteiger partial charge is 0.445 e. The molecule has 0 bridgehead atoms. The van der Waals surface area contributed by atoms with Crippen LogP contribution in [0.5, 0.6) is 0 Å². The van der Waals surface area contributed by atoms with Crippen molar-refractivity contribution >= 4 is 12.4 Å². The second-order valence-electron chi connectivity index (χ2n) is 4.43. The molecule has 96 valence electrons. The number of hydrogen-bond donors (Lipinski definition) is 0. The van der Waals surface area contributed by atoms with Crippen molar-refractivity contribution < 1.29 is 69.1 Å². The Kier molecular flexibility index (Phi) is 5.95. The number of nitrogens with zero attached hydrogens (tertiary/aromatic N) is 2. The van der Waals surface area contributed by atoms with Crippen LogP contribution in [-0.2, 0) is 4.74 Å². The molecule has 1 fully saturated rings. The molecule has 0 N–H and O–H groups in total. The SMILES string of the molecule is Cc1nn(C2CCCCO2)c(C)c1[B-](F)(F)F.[K+]. The fourth-order valence-corrected chi connectivity index (χ4v) is 2.35. The van der Waals surface area contributed by atoms with E-state index < -0.39 is 12.4 Å². The minimum atomic E-state index is -5.00. The van der Waals surface area contributed by atoms with Gasteiger partial charge < -0.3 is 17.7 Å². The predicted octanol–water partition coefficient (Wildman–Crippen LogP) is -0.743. The van der Waals surface area contributed by atoms with E-state index in [1.54, 1.807) is 0 Å². The standard InChI is InChI=1S/C10H15BF3N2O.K/c1-7-10(11(12,13)14)8(2)16(15-7)9-5-3-4-6-17-9;/h9H,3-6H2,1-2H3;/q-1;+1. The van der Waals surface area contributed by atoms with Gasteiger partial charge in [-0.05, 0) is 33.1 Å². The summed E-state index contributed by atoms with van der Waals surface area (Å²) >= 11 is 0. The van der Waals surface area contributed by atoms with E-state index in [0.717, 1.165) is 19.3 Å². The van der Waals surface area contributed by atoms with E-state index in [-0.39, 0.29) is 69.0 Å². The Morgan fingerprint density at radius 2 is 1.94 bits per heavy atom. The van der Waals surface area contributed by atoms with Gasteiger partial charge in [0, 0.05) is 18.0 Å². The molecule has 18 heavy (non-hydrogen) atoms. The summed E-state index contributed by atoms with van der Waals surface area (Å²) in [7, 11) is 0. The third-order valence-corrected chi connectivity index (χ3v) is 3.14. The van der Waals surface area contributed by atoms with Crippen LogP contribution >= 0.6 is 0 Å². The summed E-state index contributed by atoms with van der Waals surface area (Å²) in [5.74, 6) is 0. The zero-order valence-electron chi connectivity index (χ0n) is 10.9. The van der Waals surface area contributed by atoms with Crippen molar-refractivity contribution in [2.45, 2.75) is 39.3 Å². The number of aryl methyl sites for hydroxylation is 1. The molecular formula is C10H15BF3KN2O. The molecule has 1 saturated heterocycles. The van der Waals surface area contributed by atoms with Gasteiger partial charge in [-0.1, -0.05) is 5.46 Å². The van der Waals surface area contributed by atoms with Gasteiger partial charge in [-0.25, -0.2) is 4.68 Å². The second-order valence-corrected chi connectivity index (χ2v) is 4.43. The van der Waals surface area contributed by atoms with E-state index in [4.69, 9.17) is 4.74 Å². The van der Waals surface area contributed by atoms with E-state index in [0.29, 0.717) is 6.61 Å². The third kappa shape index (κ3) is 3.40. The van der Waals surface area contributed by atoms with Gasteiger partial charge >= 0.3 is 58.4 Å². The normalized spacial score (nSPS) is 20.6. The van der Waals surface area contributed by atoms with Gasteiger partial charge in [-0.2, -0.15) is 5.10 Å². The van der Waals surface area contributed by atoms with Crippen LogP contribution in [0.15, 0.2) is 0 Å². The third-order valence-electron chi connectivity index (χ3n) is 3.14. The molecule has 0 aliphatic carbocycles. The van der Waals surface area contributed by atoms with Gasteiger partial charge in [0.1, 0.15) is 6.23 Å². The van der Waals surface area contributed by atoms with Gasteiger partial charge in [0.15, 0.2) is 0 Å². The van der Waals surface area contributed by atoms with Gasteiger partial charge in [-0.3, -0.25) is 0 Å². The van der Waals surface area contributed by atoms with E-state index in [1.807, 2.05) is 0 Å². The van der Waals surface area contributed by atoms with Crippen LogP contribution in [0.4, 0.5) is 12.9 Å². The average molecular weight is 286 g/mol. The van der Waals surface area contributed by atoms with Crippen LogP contribution in [0.25, 0.3) is 0 Å². The molecule has 1 unspecified atom stereocenters. The average Bonchev–Trinajstić information content (AvgIpc) is 2.54. The van der Waals surface area contributed by atoms with Crippen LogP contribution in [0.1, 0.15) is 36.9 Å². The van der Waals surface area contributed by atoms with E-state index in [2.05, 4.69) is 5.10 Å². The molecule has 2 heterocycles. The molecular weight excluding hydrogens is 271 g/mol. The first-order valence-electron chi connectivity index (χ1n) is 5.78. The molecule has 0 amide bonds. The summed E-state index contributed by atoms with van der Waals surface area (Å²) in [5, 5.41) is 3.99. The van der Waals surface area contributed by atoms with Gasteiger partial charge in [0.2, 0.25) is 0 Å². The summed E-state index contributed by atoms with van der Waals surface area (Å²) in [4.78, 5) is 0. The minimum absolute atomic E-state index is 0. The van der Waals surface area contributed by atoms with Gasteiger partial charge in [-0.15, -0.1) is 0 Å². The van der Waals surface area contributed by atoms with Crippen LogP contribution in [-0.4, -0.2) is 23.4 Å². The van der Waals surface area contributed by atoms with Crippen molar-refractivity contribution in [3.8, 4) is 0 Å². The molecule has 1 aromatic rings. The van der Waals surface area contributed by atoms with E-state index in [9.17, 15) is 12.9 Å². The Balaban J connectivity index is 0.00000162. The molecule has 0 spiro atoms. The largest absolute Gasteiger partial charge is 1.00 e. The van der Waals surface area contributed by atoms with Crippen LogP contribution in [0, 0.1) is 13.8 Å². The predicted molar refractivity (Wildman–Crippen MR) is 59.3 cm³/mol. The number of halogens is 3. The first kappa shape index (κ1) is 16.7. The Bertz CT molecular complexity index is 416. The zero-order valence-corrected chi connectivity index (χ0v) is 14.0. The molecule has 0 aromatic carbocycles. The van der Waals surface area contributed by atoms with Crippen molar-refractivity contribution in [1.82, 2.24) is 9.78 Å². The quantitative estimate of drug-likeness (QED) is 0.670. The van der Waals surface area contributed by atoms with E-state index >= 15 is 0 Å². The molecule has 0 saturated carbocycles. The maximum atomic E-state index is 12.9.